The van der Waals surface area contributed by atoms with Crippen LogP contribution in [-0.2, 0) is 9.59 Å². The molecule has 1 heterocycles. The minimum absolute atomic E-state index is 0.0111. The molecule has 1 aromatic rings. The number of hydrogen-bond acceptors (Lipinski definition) is 2. The van der Waals surface area contributed by atoms with Gasteiger partial charge in [-0.25, -0.2) is 0 Å². The van der Waals surface area contributed by atoms with Gasteiger partial charge in [-0.3, -0.25) is 14.5 Å². The molecule has 2 saturated carbocycles. The van der Waals surface area contributed by atoms with Gasteiger partial charge in [0.05, 0.1) is 17.5 Å². The van der Waals surface area contributed by atoms with Crippen molar-refractivity contribution in [2.75, 3.05) is 4.90 Å². The van der Waals surface area contributed by atoms with Crippen LogP contribution in [0.2, 0.25) is 0 Å². The number of amides is 2. The smallest absolute Gasteiger partial charge is 0.238 e. The normalized spacial score (nSPS) is 42.2. The zero-order valence-corrected chi connectivity index (χ0v) is 12.9. The van der Waals surface area contributed by atoms with Gasteiger partial charge in [0, 0.05) is 4.47 Å². The Labute approximate surface area is 131 Å². The molecule has 3 fully saturated rings. The topological polar surface area (TPSA) is 37.4 Å². The number of halogens is 1. The van der Waals surface area contributed by atoms with E-state index >= 15 is 0 Å². The number of benzene rings is 1. The first kappa shape index (κ1) is 12.2. The first-order valence-corrected chi connectivity index (χ1v) is 8.28. The SMILES string of the molecule is O=C1[C@@H]2[C@H]3C=C[C@H]([C@@H]4C[C@@H]34)[C@@H]2C(=O)N1c1ccc(Br)cc1. The maximum atomic E-state index is 12.8. The molecule has 0 unspecified atom stereocenters. The van der Waals surface area contributed by atoms with E-state index in [1.165, 1.54) is 11.3 Å². The first-order valence-electron chi connectivity index (χ1n) is 7.48. The largest absolute Gasteiger partial charge is 0.274 e. The van der Waals surface area contributed by atoms with Gasteiger partial charge in [-0.05, 0) is 54.4 Å². The van der Waals surface area contributed by atoms with Gasteiger partial charge in [-0.15, -0.1) is 0 Å². The van der Waals surface area contributed by atoms with Gasteiger partial charge in [0.2, 0.25) is 11.8 Å². The number of anilines is 1. The van der Waals surface area contributed by atoms with Gasteiger partial charge < -0.3 is 0 Å². The summed E-state index contributed by atoms with van der Waals surface area (Å²) in [6, 6.07) is 7.44. The molecule has 2 bridgehead atoms. The standard InChI is InChI=1S/C17H14BrNO2/c18-8-1-3-9(4-2-8)19-16(20)14-10-5-6-11(13-7-12(10)13)15(14)17(19)21/h1-6,10-15H,7H2/t10-,11+,12-,13-,14+,15-/m0/s1. The maximum absolute atomic E-state index is 12.8. The molecule has 0 spiro atoms. The van der Waals surface area contributed by atoms with Crippen molar-refractivity contribution in [2.45, 2.75) is 6.42 Å². The summed E-state index contributed by atoms with van der Waals surface area (Å²) >= 11 is 3.39. The molecule has 5 aliphatic rings. The fraction of sp³-hybridized carbons (Fsp3) is 0.412. The van der Waals surface area contributed by atoms with E-state index in [1.807, 2.05) is 24.3 Å². The lowest BCUT2D eigenvalue weighted by Crippen LogP contribution is -2.40. The molecule has 106 valence electrons. The van der Waals surface area contributed by atoms with E-state index in [0.29, 0.717) is 29.4 Å². The van der Waals surface area contributed by atoms with Crippen LogP contribution in [0.15, 0.2) is 40.9 Å². The Balaban J connectivity index is 1.58. The van der Waals surface area contributed by atoms with E-state index in [0.717, 1.165) is 4.47 Å². The molecular weight excluding hydrogens is 330 g/mol. The van der Waals surface area contributed by atoms with Gasteiger partial charge in [-0.1, -0.05) is 28.1 Å². The second-order valence-corrected chi connectivity index (χ2v) is 7.56. The lowest BCUT2D eigenvalue weighted by atomic mass is 9.63. The fourth-order valence-corrected chi connectivity index (χ4v) is 5.07. The molecule has 4 aliphatic carbocycles. The third-order valence-electron chi connectivity index (χ3n) is 5.75. The molecule has 3 nitrogen and oxygen atoms in total. The van der Waals surface area contributed by atoms with Gasteiger partial charge in [0.1, 0.15) is 0 Å². The van der Waals surface area contributed by atoms with Crippen LogP contribution in [0.4, 0.5) is 5.69 Å². The van der Waals surface area contributed by atoms with Crippen molar-refractivity contribution in [3.8, 4) is 0 Å². The molecule has 6 atom stereocenters. The number of carbonyl (C=O) groups excluding carboxylic acids is 2. The van der Waals surface area contributed by atoms with Crippen molar-refractivity contribution >= 4 is 33.4 Å². The Morgan fingerprint density at radius 3 is 1.95 bits per heavy atom. The Kier molecular flexibility index (Phi) is 2.23. The van der Waals surface area contributed by atoms with Crippen molar-refractivity contribution in [1.82, 2.24) is 0 Å². The molecule has 21 heavy (non-hydrogen) atoms. The first-order chi connectivity index (χ1) is 10.2. The zero-order valence-electron chi connectivity index (χ0n) is 11.3. The van der Waals surface area contributed by atoms with Crippen LogP contribution in [0.5, 0.6) is 0 Å². The number of hydrogen-bond donors (Lipinski definition) is 0. The average molecular weight is 344 g/mol. The molecule has 0 radical (unpaired) electrons. The predicted octanol–water partition coefficient (Wildman–Crippen LogP) is 3.01. The Hall–Kier alpha value is -1.42. The summed E-state index contributed by atoms with van der Waals surface area (Å²) in [7, 11) is 0. The summed E-state index contributed by atoms with van der Waals surface area (Å²) < 4.78 is 0.950. The van der Waals surface area contributed by atoms with Gasteiger partial charge in [-0.2, -0.15) is 0 Å². The highest BCUT2D eigenvalue weighted by molar-refractivity contribution is 9.10. The maximum Gasteiger partial charge on any atom is 0.238 e. The van der Waals surface area contributed by atoms with Crippen LogP contribution in [0.1, 0.15) is 6.42 Å². The fourth-order valence-electron chi connectivity index (χ4n) is 4.80. The van der Waals surface area contributed by atoms with Crippen molar-refractivity contribution in [1.29, 1.82) is 0 Å². The summed E-state index contributed by atoms with van der Waals surface area (Å²) in [6.07, 6.45) is 5.61. The van der Waals surface area contributed by atoms with Crippen LogP contribution in [0, 0.1) is 35.5 Å². The third-order valence-corrected chi connectivity index (χ3v) is 6.28. The van der Waals surface area contributed by atoms with Crippen molar-refractivity contribution in [3.05, 3.63) is 40.9 Å². The zero-order chi connectivity index (χ0) is 14.3. The van der Waals surface area contributed by atoms with E-state index in [2.05, 4.69) is 28.1 Å². The molecule has 6 rings (SSSR count). The summed E-state index contributed by atoms with van der Waals surface area (Å²) in [5, 5.41) is 0. The van der Waals surface area contributed by atoms with Crippen molar-refractivity contribution in [3.63, 3.8) is 0 Å². The van der Waals surface area contributed by atoms with Crippen LogP contribution in [-0.4, -0.2) is 11.8 Å². The number of rotatable bonds is 1. The van der Waals surface area contributed by atoms with Crippen LogP contribution >= 0.6 is 15.9 Å². The minimum atomic E-state index is -0.111. The van der Waals surface area contributed by atoms with Crippen LogP contribution < -0.4 is 4.90 Å². The summed E-state index contributed by atoms with van der Waals surface area (Å²) in [6.45, 7) is 0. The molecule has 0 N–H and O–H groups in total. The molecule has 2 amide bonds. The highest BCUT2D eigenvalue weighted by atomic mass is 79.9. The van der Waals surface area contributed by atoms with E-state index in [4.69, 9.17) is 0 Å². The predicted molar refractivity (Wildman–Crippen MR) is 81.3 cm³/mol. The molecule has 0 aromatic heterocycles. The third kappa shape index (κ3) is 1.44. The Morgan fingerprint density at radius 2 is 1.43 bits per heavy atom. The van der Waals surface area contributed by atoms with Crippen LogP contribution in [0.3, 0.4) is 0 Å². The van der Waals surface area contributed by atoms with E-state index in [9.17, 15) is 9.59 Å². The Morgan fingerprint density at radius 1 is 0.905 bits per heavy atom. The monoisotopic (exact) mass is 343 g/mol. The average Bonchev–Trinajstić information content (AvgIpc) is 3.26. The number of allylic oxidation sites excluding steroid dienone is 2. The summed E-state index contributed by atoms with van der Waals surface area (Å²) in [5.74, 6) is 1.70. The molecule has 4 heteroatoms. The Bertz CT molecular complexity index is 659. The lowest BCUT2D eigenvalue weighted by molar-refractivity contribution is -0.124. The highest BCUT2D eigenvalue weighted by Gasteiger charge is 2.67. The van der Waals surface area contributed by atoms with E-state index in [1.54, 1.807) is 0 Å². The van der Waals surface area contributed by atoms with Gasteiger partial charge in [0.15, 0.2) is 0 Å². The second-order valence-electron chi connectivity index (χ2n) is 6.64. The second kappa shape index (κ2) is 3.86. The summed E-state index contributed by atoms with van der Waals surface area (Å²) in [4.78, 5) is 27.1. The van der Waals surface area contributed by atoms with Gasteiger partial charge >= 0.3 is 0 Å². The minimum Gasteiger partial charge on any atom is -0.274 e. The van der Waals surface area contributed by atoms with E-state index < -0.39 is 0 Å². The number of nitrogens with zero attached hydrogens (tertiary/aromatic N) is 1. The molecular formula is C17H14BrNO2. The van der Waals surface area contributed by atoms with Crippen LogP contribution in [0.25, 0.3) is 0 Å². The van der Waals surface area contributed by atoms with Crippen molar-refractivity contribution < 1.29 is 9.59 Å². The quantitative estimate of drug-likeness (QED) is 0.580. The van der Waals surface area contributed by atoms with E-state index in [-0.39, 0.29) is 23.7 Å². The van der Waals surface area contributed by atoms with Crippen molar-refractivity contribution in [2.24, 2.45) is 35.5 Å². The number of imide groups is 1. The molecule has 1 aliphatic heterocycles. The molecule has 1 saturated heterocycles. The molecule has 1 aromatic carbocycles. The number of carbonyl (C=O) groups is 2. The highest BCUT2D eigenvalue weighted by Crippen LogP contribution is 2.65. The van der Waals surface area contributed by atoms with Gasteiger partial charge in [0.25, 0.3) is 0 Å². The summed E-state index contributed by atoms with van der Waals surface area (Å²) in [5.41, 5.74) is 0.704. The lowest BCUT2D eigenvalue weighted by Gasteiger charge is -2.37.